The van der Waals surface area contributed by atoms with Crippen molar-refractivity contribution in [2.45, 2.75) is 33.1 Å². The van der Waals surface area contributed by atoms with E-state index in [4.69, 9.17) is 0 Å². The van der Waals surface area contributed by atoms with Crippen molar-refractivity contribution in [1.29, 1.82) is 0 Å². The van der Waals surface area contributed by atoms with Gasteiger partial charge in [-0.05, 0) is 18.4 Å². The summed E-state index contributed by atoms with van der Waals surface area (Å²) in [7, 11) is 0. The topological polar surface area (TPSA) is 66.6 Å². The first-order valence-electron chi connectivity index (χ1n) is 9.80. The molecule has 146 valence electrons. The first kappa shape index (κ1) is 18.4. The summed E-state index contributed by atoms with van der Waals surface area (Å²) in [5.74, 6) is 2.07. The average molecular weight is 378 g/mol. The summed E-state index contributed by atoms with van der Waals surface area (Å²) in [6.45, 7) is 9.33. The number of anilines is 1. The van der Waals surface area contributed by atoms with Gasteiger partial charge in [0.2, 0.25) is 5.91 Å². The Morgan fingerprint density at radius 2 is 1.82 bits per heavy atom. The van der Waals surface area contributed by atoms with Crippen LogP contribution in [0.5, 0.6) is 0 Å². The Morgan fingerprint density at radius 3 is 2.50 bits per heavy atom. The molecule has 1 fully saturated rings. The molecule has 4 rings (SSSR count). The Morgan fingerprint density at radius 1 is 1.11 bits per heavy atom. The van der Waals surface area contributed by atoms with Crippen molar-refractivity contribution < 1.29 is 4.79 Å². The molecule has 0 saturated carbocycles. The van der Waals surface area contributed by atoms with Crippen LogP contribution in [0.3, 0.4) is 0 Å². The van der Waals surface area contributed by atoms with Crippen molar-refractivity contribution in [3.8, 4) is 0 Å². The van der Waals surface area contributed by atoms with Crippen LogP contribution in [-0.4, -0.2) is 56.6 Å². The molecular weight excluding hydrogens is 352 g/mol. The van der Waals surface area contributed by atoms with Crippen LogP contribution in [-0.2, 0) is 11.2 Å². The summed E-state index contributed by atoms with van der Waals surface area (Å²) >= 11 is 0. The van der Waals surface area contributed by atoms with Gasteiger partial charge in [-0.15, -0.1) is 10.2 Å². The first-order valence-corrected chi connectivity index (χ1v) is 9.80. The van der Waals surface area contributed by atoms with Gasteiger partial charge in [0.25, 0.3) is 5.78 Å². The van der Waals surface area contributed by atoms with Gasteiger partial charge in [0.05, 0.1) is 6.42 Å². The van der Waals surface area contributed by atoms with Crippen molar-refractivity contribution >= 4 is 17.5 Å². The Labute approximate surface area is 165 Å². The van der Waals surface area contributed by atoms with E-state index in [0.717, 1.165) is 30.2 Å². The van der Waals surface area contributed by atoms with Gasteiger partial charge in [-0.25, -0.2) is 0 Å². The molecule has 0 N–H and O–H groups in total. The molecule has 3 heterocycles. The summed E-state index contributed by atoms with van der Waals surface area (Å²) in [6, 6.07) is 10.3. The first-order chi connectivity index (χ1) is 13.5. The molecule has 1 aliphatic heterocycles. The van der Waals surface area contributed by atoms with E-state index in [1.165, 1.54) is 5.56 Å². The van der Waals surface area contributed by atoms with Crippen LogP contribution in [0.2, 0.25) is 0 Å². The molecule has 1 saturated heterocycles. The molecule has 28 heavy (non-hydrogen) atoms. The van der Waals surface area contributed by atoms with Crippen LogP contribution in [0.25, 0.3) is 5.78 Å². The van der Waals surface area contributed by atoms with Gasteiger partial charge in [0.1, 0.15) is 12.1 Å². The summed E-state index contributed by atoms with van der Waals surface area (Å²) in [5.41, 5.74) is 3.42. The van der Waals surface area contributed by atoms with Crippen molar-refractivity contribution in [2.75, 3.05) is 31.1 Å². The fourth-order valence-corrected chi connectivity index (χ4v) is 3.61. The molecule has 1 aromatic carbocycles. The third-order valence-electron chi connectivity index (χ3n) is 5.32. The van der Waals surface area contributed by atoms with E-state index in [0.29, 0.717) is 31.2 Å². The molecule has 0 atom stereocenters. The molecule has 3 aromatic rings. The number of benzene rings is 1. The van der Waals surface area contributed by atoms with Gasteiger partial charge < -0.3 is 9.80 Å². The second-order valence-electron chi connectivity index (χ2n) is 7.73. The maximum Gasteiger partial charge on any atom is 0.256 e. The number of rotatable bonds is 4. The van der Waals surface area contributed by atoms with Crippen molar-refractivity contribution in [3.05, 3.63) is 53.5 Å². The number of nitrogens with zero attached hydrogens (tertiary/aromatic N) is 6. The van der Waals surface area contributed by atoms with Gasteiger partial charge in [0, 0.05) is 37.9 Å². The molecule has 7 nitrogen and oxygen atoms in total. The third kappa shape index (κ3) is 3.69. The van der Waals surface area contributed by atoms with Crippen LogP contribution in [0.1, 0.15) is 36.6 Å². The number of amides is 1. The smallest absolute Gasteiger partial charge is 0.256 e. The zero-order valence-corrected chi connectivity index (χ0v) is 16.7. The summed E-state index contributed by atoms with van der Waals surface area (Å²) in [4.78, 5) is 21.5. The second kappa shape index (κ2) is 7.58. The Balaban J connectivity index is 1.43. The van der Waals surface area contributed by atoms with Crippen LogP contribution in [0.15, 0.2) is 36.7 Å². The van der Waals surface area contributed by atoms with E-state index in [2.05, 4.69) is 59.1 Å². The highest BCUT2D eigenvalue weighted by molar-refractivity contribution is 5.79. The quantitative estimate of drug-likeness (QED) is 0.698. The minimum absolute atomic E-state index is 0.187. The molecule has 0 spiro atoms. The number of hydrogen-bond acceptors (Lipinski definition) is 5. The molecule has 1 amide bonds. The lowest BCUT2D eigenvalue weighted by atomic mass is 10.1. The molecule has 0 radical (unpaired) electrons. The highest BCUT2D eigenvalue weighted by Gasteiger charge is 2.23. The van der Waals surface area contributed by atoms with Gasteiger partial charge >= 0.3 is 0 Å². The fraction of sp³-hybridized carbons (Fsp3) is 0.429. The van der Waals surface area contributed by atoms with Crippen LogP contribution >= 0.6 is 0 Å². The van der Waals surface area contributed by atoms with E-state index in [-0.39, 0.29) is 5.91 Å². The lowest BCUT2D eigenvalue weighted by Gasteiger charge is -2.35. The molecule has 0 unspecified atom stereocenters. The predicted octanol–water partition coefficient (Wildman–Crippen LogP) is 2.45. The largest absolute Gasteiger partial charge is 0.353 e. The molecule has 0 aliphatic carbocycles. The molecule has 7 heteroatoms. The van der Waals surface area contributed by atoms with Crippen molar-refractivity contribution in [3.63, 3.8) is 0 Å². The van der Waals surface area contributed by atoms with Crippen LogP contribution in [0.4, 0.5) is 5.82 Å². The number of fused-ring (bicyclic) bond motifs is 1. The van der Waals surface area contributed by atoms with E-state index >= 15 is 0 Å². The van der Waals surface area contributed by atoms with Gasteiger partial charge in [-0.2, -0.15) is 4.98 Å². The molecule has 2 aromatic heterocycles. The van der Waals surface area contributed by atoms with E-state index in [1.807, 2.05) is 21.4 Å². The van der Waals surface area contributed by atoms with E-state index < -0.39 is 0 Å². The summed E-state index contributed by atoms with van der Waals surface area (Å²) in [5, 5.41) is 8.11. The Hall–Kier alpha value is -2.96. The monoisotopic (exact) mass is 378 g/mol. The highest BCUT2D eigenvalue weighted by atomic mass is 16.2. The number of carbonyl (C=O) groups excluding carboxylic acids is 1. The fourth-order valence-electron chi connectivity index (χ4n) is 3.61. The lowest BCUT2D eigenvalue weighted by Crippen LogP contribution is -2.49. The minimum Gasteiger partial charge on any atom is -0.353 e. The number of piperazine rings is 1. The Kier molecular flexibility index (Phi) is 4.98. The minimum atomic E-state index is 0.187. The van der Waals surface area contributed by atoms with Crippen LogP contribution in [0, 0.1) is 6.92 Å². The van der Waals surface area contributed by atoms with Gasteiger partial charge in [-0.3, -0.25) is 9.20 Å². The maximum atomic E-state index is 12.6. The summed E-state index contributed by atoms with van der Waals surface area (Å²) < 4.78 is 1.94. The van der Waals surface area contributed by atoms with E-state index in [1.54, 1.807) is 6.33 Å². The van der Waals surface area contributed by atoms with Gasteiger partial charge in [-0.1, -0.05) is 43.7 Å². The predicted molar refractivity (Wildman–Crippen MR) is 109 cm³/mol. The number of hydrogen-bond donors (Lipinski definition) is 0. The van der Waals surface area contributed by atoms with Gasteiger partial charge in [0.15, 0.2) is 0 Å². The average Bonchev–Trinajstić information content (AvgIpc) is 3.17. The van der Waals surface area contributed by atoms with Crippen LogP contribution < -0.4 is 4.90 Å². The van der Waals surface area contributed by atoms with Crippen molar-refractivity contribution in [1.82, 2.24) is 24.5 Å². The molecular formula is C21H26N6O. The van der Waals surface area contributed by atoms with E-state index in [9.17, 15) is 4.79 Å². The number of aryl methyl sites for hydroxylation is 1. The summed E-state index contributed by atoms with van der Waals surface area (Å²) in [6.07, 6.45) is 2.17. The second-order valence-corrected chi connectivity index (χ2v) is 7.73. The highest BCUT2D eigenvalue weighted by Crippen LogP contribution is 2.22. The number of carbonyl (C=O) groups is 1. The zero-order chi connectivity index (χ0) is 19.7. The lowest BCUT2D eigenvalue weighted by molar-refractivity contribution is -0.130. The SMILES string of the molecule is Cc1ccc(CC(=O)N2CCN(c3cc(C(C)C)n4cnnc4n3)CC2)cc1. The number of aromatic nitrogens is 4. The normalized spacial score (nSPS) is 14.9. The molecule has 0 bridgehead atoms. The third-order valence-corrected chi connectivity index (χ3v) is 5.32. The van der Waals surface area contributed by atoms with Crippen molar-refractivity contribution in [2.24, 2.45) is 0 Å². The Bertz CT molecular complexity index is 970. The maximum absolute atomic E-state index is 12.6. The molecule has 1 aliphatic rings. The standard InChI is InChI=1S/C21H26N6O/c1-15(2)18-13-19(23-21-24-22-14-27(18)21)25-8-10-26(11-9-25)20(28)12-17-6-4-16(3)5-7-17/h4-7,13-15H,8-12H2,1-3H3. The zero-order valence-electron chi connectivity index (χ0n) is 16.7.